The Kier molecular flexibility index (Phi) is 3.29. The van der Waals surface area contributed by atoms with E-state index in [4.69, 9.17) is 9.68 Å². The fraction of sp³-hybridized carbons (Fsp3) is 0.250. The molecule has 0 aliphatic carbocycles. The fourth-order valence-corrected chi connectivity index (χ4v) is 1.31. The van der Waals surface area contributed by atoms with Gasteiger partial charge in [-0.15, -0.1) is 0 Å². The van der Waals surface area contributed by atoms with Gasteiger partial charge in [-0.05, 0) is 12.1 Å². The number of alkyl halides is 1. The van der Waals surface area contributed by atoms with Gasteiger partial charge in [-0.2, -0.15) is 5.26 Å². The lowest BCUT2D eigenvalue weighted by atomic mass is 10.3. The zero-order valence-corrected chi connectivity index (χ0v) is 8.32. The Bertz CT molecular complexity index is 313. The predicted octanol–water partition coefficient (Wildman–Crippen LogP) is 2.48. The van der Waals surface area contributed by atoms with Gasteiger partial charge in [-0.25, -0.2) is 0 Å². The molecule has 0 aliphatic rings. The Hall–Kier alpha value is -0.830. The van der Waals surface area contributed by atoms with Crippen molar-refractivity contribution in [3.05, 3.63) is 23.7 Å². The van der Waals surface area contributed by atoms with Crippen LogP contribution < -0.4 is 0 Å². The lowest BCUT2D eigenvalue weighted by Crippen LogP contribution is -1.83. The molecule has 0 amide bonds. The zero-order valence-electron chi connectivity index (χ0n) is 6.16. The van der Waals surface area contributed by atoms with Crippen LogP contribution in [0.15, 0.2) is 16.5 Å². The Morgan fingerprint density at radius 3 is 3.00 bits per heavy atom. The van der Waals surface area contributed by atoms with Gasteiger partial charge in [-0.1, -0.05) is 22.6 Å². The quantitative estimate of drug-likeness (QED) is 0.483. The molecular weight excluding hydrogens is 269 g/mol. The summed E-state index contributed by atoms with van der Waals surface area (Å²) in [4.78, 5) is 10.2. The van der Waals surface area contributed by atoms with Gasteiger partial charge in [0.1, 0.15) is 5.76 Å². The Labute approximate surface area is 83.5 Å². The molecule has 1 heterocycles. The molecular formula is C8H6INO2. The summed E-state index contributed by atoms with van der Waals surface area (Å²) in [5.74, 6) is 0.990. The fourth-order valence-electron chi connectivity index (χ4n) is 0.781. The molecule has 0 aliphatic heterocycles. The third-order valence-corrected chi connectivity index (χ3v) is 2.40. The molecule has 62 valence electrons. The van der Waals surface area contributed by atoms with E-state index in [1.54, 1.807) is 12.1 Å². The van der Waals surface area contributed by atoms with Crippen molar-refractivity contribution < 1.29 is 9.21 Å². The van der Waals surface area contributed by atoms with Crippen molar-refractivity contribution in [2.24, 2.45) is 0 Å². The van der Waals surface area contributed by atoms with Crippen molar-refractivity contribution in [3.8, 4) is 6.07 Å². The molecule has 0 N–H and O–H groups in total. The Morgan fingerprint density at radius 2 is 2.50 bits per heavy atom. The molecule has 1 unspecified atom stereocenters. The van der Waals surface area contributed by atoms with Crippen LogP contribution in [0.25, 0.3) is 0 Å². The standard InChI is InChI=1S/C8H6INO2/c9-7(3-4-10)8-2-1-6(5-11)12-8/h1-2,5,7H,3H2. The van der Waals surface area contributed by atoms with E-state index in [9.17, 15) is 4.79 Å². The van der Waals surface area contributed by atoms with Crippen LogP contribution in [-0.2, 0) is 0 Å². The number of hydrogen-bond acceptors (Lipinski definition) is 3. The number of halogens is 1. The summed E-state index contributed by atoms with van der Waals surface area (Å²) in [5, 5.41) is 8.40. The van der Waals surface area contributed by atoms with Crippen LogP contribution in [0.5, 0.6) is 0 Å². The van der Waals surface area contributed by atoms with E-state index in [0.29, 0.717) is 24.2 Å². The lowest BCUT2D eigenvalue weighted by molar-refractivity contribution is 0.109. The predicted molar refractivity (Wildman–Crippen MR) is 51.1 cm³/mol. The molecule has 0 spiro atoms. The van der Waals surface area contributed by atoms with E-state index in [-0.39, 0.29) is 3.92 Å². The molecule has 12 heavy (non-hydrogen) atoms. The largest absolute Gasteiger partial charge is 0.457 e. The Balaban J connectivity index is 2.75. The second kappa shape index (κ2) is 4.26. The highest BCUT2D eigenvalue weighted by Crippen LogP contribution is 2.27. The van der Waals surface area contributed by atoms with Gasteiger partial charge in [0.25, 0.3) is 0 Å². The van der Waals surface area contributed by atoms with Gasteiger partial charge in [0, 0.05) is 0 Å². The van der Waals surface area contributed by atoms with Crippen molar-refractivity contribution >= 4 is 28.9 Å². The maximum atomic E-state index is 10.2. The molecule has 1 rings (SSSR count). The SMILES string of the molecule is N#CCC(I)c1ccc(C=O)o1. The summed E-state index contributed by atoms with van der Waals surface area (Å²) < 4.78 is 5.15. The number of carbonyl (C=O) groups excluding carboxylic acids is 1. The monoisotopic (exact) mass is 275 g/mol. The molecule has 0 fully saturated rings. The van der Waals surface area contributed by atoms with E-state index < -0.39 is 0 Å². The number of rotatable bonds is 3. The van der Waals surface area contributed by atoms with Crippen LogP contribution in [0.4, 0.5) is 0 Å². The highest BCUT2D eigenvalue weighted by molar-refractivity contribution is 14.1. The van der Waals surface area contributed by atoms with Crippen LogP contribution in [0.1, 0.15) is 26.7 Å². The summed E-state index contributed by atoms with van der Waals surface area (Å²) in [6.07, 6.45) is 1.05. The maximum Gasteiger partial charge on any atom is 0.185 e. The Morgan fingerprint density at radius 1 is 1.75 bits per heavy atom. The van der Waals surface area contributed by atoms with Gasteiger partial charge in [-0.3, -0.25) is 4.79 Å². The van der Waals surface area contributed by atoms with E-state index in [1.165, 1.54) is 0 Å². The minimum absolute atomic E-state index is 0.0290. The zero-order chi connectivity index (χ0) is 8.97. The first-order chi connectivity index (χ1) is 5.77. The molecule has 0 saturated heterocycles. The molecule has 1 aromatic heterocycles. The summed E-state index contributed by atoms with van der Waals surface area (Å²) in [6.45, 7) is 0. The van der Waals surface area contributed by atoms with Gasteiger partial charge >= 0.3 is 0 Å². The molecule has 3 nitrogen and oxygen atoms in total. The first kappa shape index (κ1) is 9.26. The second-order valence-corrected chi connectivity index (χ2v) is 3.69. The third kappa shape index (κ3) is 2.08. The average Bonchev–Trinajstić information content (AvgIpc) is 2.52. The highest BCUT2D eigenvalue weighted by atomic mass is 127. The molecule has 1 aromatic rings. The van der Waals surface area contributed by atoms with Gasteiger partial charge in [0.05, 0.1) is 16.4 Å². The van der Waals surface area contributed by atoms with E-state index in [1.807, 2.05) is 6.07 Å². The van der Waals surface area contributed by atoms with Crippen LogP contribution in [0.2, 0.25) is 0 Å². The summed E-state index contributed by atoms with van der Waals surface area (Å²) >= 11 is 2.10. The van der Waals surface area contributed by atoms with Crippen molar-refractivity contribution in [2.45, 2.75) is 10.3 Å². The second-order valence-electron chi connectivity index (χ2n) is 2.19. The molecule has 4 heteroatoms. The number of carbonyl (C=O) groups is 1. The number of nitrogens with zero attached hydrogens (tertiary/aromatic N) is 1. The van der Waals surface area contributed by atoms with Crippen LogP contribution in [-0.4, -0.2) is 6.29 Å². The van der Waals surface area contributed by atoms with Crippen LogP contribution >= 0.6 is 22.6 Å². The minimum atomic E-state index is 0.0290. The maximum absolute atomic E-state index is 10.2. The first-order valence-electron chi connectivity index (χ1n) is 3.34. The number of aldehydes is 1. The third-order valence-electron chi connectivity index (χ3n) is 1.34. The van der Waals surface area contributed by atoms with Crippen molar-refractivity contribution in [1.29, 1.82) is 5.26 Å². The van der Waals surface area contributed by atoms with Crippen LogP contribution in [0, 0.1) is 11.3 Å². The smallest absolute Gasteiger partial charge is 0.185 e. The van der Waals surface area contributed by atoms with Crippen molar-refractivity contribution in [3.63, 3.8) is 0 Å². The van der Waals surface area contributed by atoms with Crippen molar-refractivity contribution in [1.82, 2.24) is 0 Å². The molecule has 0 saturated carbocycles. The average molecular weight is 275 g/mol. The van der Waals surface area contributed by atoms with E-state index >= 15 is 0 Å². The van der Waals surface area contributed by atoms with E-state index in [2.05, 4.69) is 22.6 Å². The summed E-state index contributed by atoms with van der Waals surface area (Å²) in [6, 6.07) is 5.36. The molecule has 0 radical (unpaired) electrons. The van der Waals surface area contributed by atoms with Crippen molar-refractivity contribution in [2.75, 3.05) is 0 Å². The van der Waals surface area contributed by atoms with Gasteiger partial charge < -0.3 is 4.42 Å². The van der Waals surface area contributed by atoms with Gasteiger partial charge in [0.2, 0.25) is 0 Å². The lowest BCUT2D eigenvalue weighted by Gasteiger charge is -1.98. The number of furan rings is 1. The minimum Gasteiger partial charge on any atom is -0.457 e. The van der Waals surface area contributed by atoms with Gasteiger partial charge in [0.15, 0.2) is 12.0 Å². The van der Waals surface area contributed by atoms with Crippen LogP contribution in [0.3, 0.4) is 0 Å². The molecule has 0 bridgehead atoms. The summed E-state index contributed by atoms with van der Waals surface area (Å²) in [7, 11) is 0. The first-order valence-corrected chi connectivity index (χ1v) is 4.58. The number of hydrogen-bond donors (Lipinski definition) is 0. The summed E-state index contributed by atoms with van der Waals surface area (Å²) in [5.41, 5.74) is 0. The van der Waals surface area contributed by atoms with E-state index in [0.717, 1.165) is 0 Å². The highest BCUT2D eigenvalue weighted by Gasteiger charge is 2.10. The topological polar surface area (TPSA) is 54.0 Å². The molecule has 0 aromatic carbocycles. The normalized spacial score (nSPS) is 12.0. The molecule has 1 atom stereocenters. The number of nitriles is 1.